The molecule has 4 heterocycles. The molecule has 0 bridgehead atoms. The Morgan fingerprint density at radius 3 is 2.80 bits per heavy atom. The van der Waals surface area contributed by atoms with Gasteiger partial charge in [0.1, 0.15) is 11.6 Å². The van der Waals surface area contributed by atoms with Crippen LogP contribution in [-0.4, -0.2) is 48.0 Å². The van der Waals surface area contributed by atoms with Crippen LogP contribution in [0, 0.1) is 0 Å². The van der Waals surface area contributed by atoms with Crippen molar-refractivity contribution in [2.45, 2.75) is 26.4 Å². The van der Waals surface area contributed by atoms with Gasteiger partial charge in [-0.15, -0.1) is 0 Å². The first-order chi connectivity index (χ1) is 12.2. The second kappa shape index (κ2) is 6.80. The number of hydrogen-bond acceptors (Lipinski definition) is 6. The number of morpholine rings is 1. The molecule has 1 fully saturated rings. The Hall–Kier alpha value is -2.47. The van der Waals surface area contributed by atoms with Crippen LogP contribution in [0.15, 0.2) is 35.6 Å². The van der Waals surface area contributed by atoms with Crippen LogP contribution in [0.25, 0.3) is 0 Å². The fourth-order valence-corrected chi connectivity index (χ4v) is 3.23. The van der Waals surface area contributed by atoms with E-state index in [2.05, 4.69) is 46.2 Å². The highest BCUT2D eigenvalue weighted by molar-refractivity contribution is 6.15. The molecule has 2 aromatic rings. The van der Waals surface area contributed by atoms with Crippen LogP contribution in [0.3, 0.4) is 0 Å². The van der Waals surface area contributed by atoms with Crippen molar-refractivity contribution in [3.63, 3.8) is 0 Å². The van der Waals surface area contributed by atoms with Crippen molar-refractivity contribution in [3.05, 3.63) is 47.3 Å². The first kappa shape index (κ1) is 16.0. The minimum atomic E-state index is 0.348. The van der Waals surface area contributed by atoms with Gasteiger partial charge < -0.3 is 15.0 Å². The number of ether oxygens (including phenoxy) is 1. The average molecular weight is 337 g/mol. The van der Waals surface area contributed by atoms with Gasteiger partial charge in [-0.25, -0.2) is 9.97 Å². The predicted octanol–water partition coefficient (Wildman–Crippen LogP) is 2.48. The number of rotatable bonds is 4. The number of hydrogen-bond donors (Lipinski definition) is 1. The maximum absolute atomic E-state index is 5.44. The number of nitrogens with one attached hydrogen (secondary N) is 1. The topological polar surface area (TPSA) is 62.6 Å². The van der Waals surface area contributed by atoms with Crippen LogP contribution in [0.4, 0.5) is 11.6 Å². The number of nitrogens with zero attached hydrogens (tertiary/aromatic N) is 4. The molecular weight excluding hydrogens is 314 g/mol. The largest absolute Gasteiger partial charge is 0.378 e. The van der Waals surface area contributed by atoms with E-state index in [1.54, 1.807) is 0 Å². The van der Waals surface area contributed by atoms with Gasteiger partial charge in [0.25, 0.3) is 0 Å². The van der Waals surface area contributed by atoms with E-state index in [1.165, 1.54) is 5.56 Å². The fourth-order valence-electron chi connectivity index (χ4n) is 3.23. The van der Waals surface area contributed by atoms with E-state index < -0.39 is 0 Å². The lowest BCUT2D eigenvalue weighted by molar-refractivity contribution is 0.122. The molecule has 1 N–H and O–H groups in total. The molecule has 0 amide bonds. The summed E-state index contributed by atoms with van der Waals surface area (Å²) in [5.74, 6) is 1.89. The Kier molecular flexibility index (Phi) is 4.36. The van der Waals surface area contributed by atoms with Crippen LogP contribution >= 0.6 is 0 Å². The lowest BCUT2D eigenvalue weighted by atomic mass is 10.0. The van der Waals surface area contributed by atoms with Gasteiger partial charge in [-0.1, -0.05) is 0 Å². The van der Waals surface area contributed by atoms with E-state index in [4.69, 9.17) is 9.73 Å². The maximum atomic E-state index is 5.44. The third-order valence-corrected chi connectivity index (χ3v) is 4.44. The molecule has 0 aromatic carbocycles. The molecule has 0 spiro atoms. The van der Waals surface area contributed by atoms with Gasteiger partial charge in [0.2, 0.25) is 0 Å². The van der Waals surface area contributed by atoms with Crippen molar-refractivity contribution in [3.8, 4) is 0 Å². The van der Waals surface area contributed by atoms with Crippen molar-refractivity contribution in [2.24, 2.45) is 4.99 Å². The Morgan fingerprint density at radius 1 is 1.16 bits per heavy atom. The molecule has 2 aliphatic heterocycles. The third kappa shape index (κ3) is 3.35. The quantitative estimate of drug-likeness (QED) is 0.929. The lowest BCUT2D eigenvalue weighted by Gasteiger charge is -2.28. The highest BCUT2D eigenvalue weighted by Crippen LogP contribution is 2.26. The van der Waals surface area contributed by atoms with Crippen molar-refractivity contribution in [1.29, 1.82) is 0 Å². The zero-order valence-corrected chi connectivity index (χ0v) is 14.7. The highest BCUT2D eigenvalue weighted by atomic mass is 16.5. The number of pyridine rings is 2. The second-order valence-electron chi connectivity index (χ2n) is 6.69. The Balaban J connectivity index is 1.64. The molecule has 0 aliphatic carbocycles. The van der Waals surface area contributed by atoms with Gasteiger partial charge in [-0.3, -0.25) is 4.99 Å². The summed E-state index contributed by atoms with van der Waals surface area (Å²) in [6.07, 6.45) is 3.80. The van der Waals surface area contributed by atoms with E-state index in [9.17, 15) is 0 Å². The summed E-state index contributed by atoms with van der Waals surface area (Å²) in [6, 6.07) is 6.63. The van der Waals surface area contributed by atoms with Gasteiger partial charge in [-0.05, 0) is 32.0 Å². The summed E-state index contributed by atoms with van der Waals surface area (Å²) in [5, 5.41) is 3.37. The maximum Gasteiger partial charge on any atom is 0.129 e. The van der Waals surface area contributed by atoms with Gasteiger partial charge in [0.05, 0.1) is 25.5 Å². The van der Waals surface area contributed by atoms with E-state index in [-0.39, 0.29) is 0 Å². The molecule has 6 heteroatoms. The van der Waals surface area contributed by atoms with E-state index in [0.717, 1.165) is 54.8 Å². The first-order valence-electron chi connectivity index (χ1n) is 8.80. The number of anilines is 2. The molecule has 2 aliphatic rings. The molecule has 1 saturated heterocycles. The molecule has 2 aromatic heterocycles. The van der Waals surface area contributed by atoms with E-state index >= 15 is 0 Å². The molecule has 0 saturated carbocycles. The van der Waals surface area contributed by atoms with Crippen molar-refractivity contribution >= 4 is 17.3 Å². The summed E-state index contributed by atoms with van der Waals surface area (Å²) in [4.78, 5) is 16.1. The number of fused-ring (bicyclic) bond motifs is 1. The SMILES string of the molecule is CC(C)Nc1cc2c(cn1)CN=C2c1ccnc(N2CCOCC2)c1. The molecule has 0 unspecified atom stereocenters. The Bertz CT molecular complexity index is 796. The summed E-state index contributed by atoms with van der Waals surface area (Å²) in [6.45, 7) is 8.19. The minimum absolute atomic E-state index is 0.348. The summed E-state index contributed by atoms with van der Waals surface area (Å²) in [5.41, 5.74) is 4.48. The van der Waals surface area contributed by atoms with Crippen LogP contribution in [0.1, 0.15) is 30.5 Å². The Labute approximate surface area is 148 Å². The third-order valence-electron chi connectivity index (χ3n) is 4.44. The van der Waals surface area contributed by atoms with Crippen LogP contribution < -0.4 is 10.2 Å². The first-order valence-corrected chi connectivity index (χ1v) is 8.80. The van der Waals surface area contributed by atoms with Gasteiger partial charge >= 0.3 is 0 Å². The second-order valence-corrected chi connectivity index (χ2v) is 6.69. The van der Waals surface area contributed by atoms with Gasteiger partial charge in [-0.2, -0.15) is 0 Å². The van der Waals surface area contributed by atoms with E-state index in [0.29, 0.717) is 12.6 Å². The fraction of sp³-hybridized carbons (Fsp3) is 0.421. The van der Waals surface area contributed by atoms with Crippen molar-refractivity contribution in [2.75, 3.05) is 36.5 Å². The molecule has 130 valence electrons. The standard InChI is InChI=1S/C19H23N5O/c1-13(2)23-17-10-16-15(11-21-17)12-22-19(16)14-3-4-20-18(9-14)24-5-7-25-8-6-24/h3-4,9-11,13H,5-8,12H2,1-2H3,(H,21,23). The number of aliphatic imine (C=N–C) groups is 1. The average Bonchev–Trinajstić information content (AvgIpc) is 3.05. The highest BCUT2D eigenvalue weighted by Gasteiger charge is 2.20. The molecular formula is C19H23N5O. The molecule has 0 atom stereocenters. The minimum Gasteiger partial charge on any atom is -0.378 e. The van der Waals surface area contributed by atoms with E-state index in [1.807, 2.05) is 18.5 Å². The summed E-state index contributed by atoms with van der Waals surface area (Å²) in [7, 11) is 0. The van der Waals surface area contributed by atoms with Gasteiger partial charge in [0.15, 0.2) is 0 Å². The summed E-state index contributed by atoms with van der Waals surface area (Å²) < 4.78 is 5.44. The smallest absolute Gasteiger partial charge is 0.129 e. The van der Waals surface area contributed by atoms with Crippen LogP contribution in [-0.2, 0) is 11.3 Å². The monoisotopic (exact) mass is 337 g/mol. The van der Waals surface area contributed by atoms with Crippen molar-refractivity contribution in [1.82, 2.24) is 9.97 Å². The molecule has 4 rings (SSSR count). The Morgan fingerprint density at radius 2 is 2.00 bits per heavy atom. The number of aromatic nitrogens is 2. The zero-order chi connectivity index (χ0) is 17.2. The van der Waals surface area contributed by atoms with Crippen molar-refractivity contribution < 1.29 is 4.74 Å². The predicted molar refractivity (Wildman–Crippen MR) is 99.6 cm³/mol. The van der Waals surface area contributed by atoms with Crippen LogP contribution in [0.2, 0.25) is 0 Å². The lowest BCUT2D eigenvalue weighted by Crippen LogP contribution is -2.36. The van der Waals surface area contributed by atoms with Crippen LogP contribution in [0.5, 0.6) is 0 Å². The molecule has 25 heavy (non-hydrogen) atoms. The zero-order valence-electron chi connectivity index (χ0n) is 14.7. The molecule has 0 radical (unpaired) electrons. The normalized spacial score (nSPS) is 16.8. The van der Waals surface area contributed by atoms with Gasteiger partial charge in [0, 0.05) is 48.2 Å². The summed E-state index contributed by atoms with van der Waals surface area (Å²) >= 11 is 0. The molecule has 6 nitrogen and oxygen atoms in total.